The minimum absolute atomic E-state index is 0. The van der Waals surface area contributed by atoms with E-state index in [-0.39, 0.29) is 24.0 Å². The number of guanidine groups is 1. The van der Waals surface area contributed by atoms with E-state index >= 15 is 0 Å². The first-order chi connectivity index (χ1) is 8.54. The minimum atomic E-state index is 0. The summed E-state index contributed by atoms with van der Waals surface area (Å²) >= 11 is 0. The zero-order valence-corrected chi connectivity index (χ0v) is 14.6. The van der Waals surface area contributed by atoms with E-state index in [1.807, 2.05) is 57.0 Å². The molecule has 5 nitrogen and oxygen atoms in total. The van der Waals surface area contributed by atoms with Crippen LogP contribution >= 0.6 is 24.0 Å². The molecule has 0 aliphatic carbocycles. The second kappa shape index (κ2) is 8.95. The summed E-state index contributed by atoms with van der Waals surface area (Å²) in [5.41, 5.74) is 1.09. The molecule has 1 rings (SSSR count). The smallest absolute Gasteiger partial charge is 0.213 e. The number of pyridine rings is 1. The Morgan fingerprint density at radius 1 is 1.26 bits per heavy atom. The van der Waals surface area contributed by atoms with Gasteiger partial charge in [0.1, 0.15) is 0 Å². The van der Waals surface area contributed by atoms with Crippen molar-refractivity contribution in [1.29, 1.82) is 0 Å². The Morgan fingerprint density at radius 3 is 2.42 bits per heavy atom. The van der Waals surface area contributed by atoms with Crippen LogP contribution in [0.15, 0.2) is 23.3 Å². The lowest BCUT2D eigenvalue weighted by Gasteiger charge is -2.22. The van der Waals surface area contributed by atoms with Crippen molar-refractivity contribution in [2.75, 3.05) is 34.8 Å². The highest BCUT2D eigenvalue weighted by Gasteiger charge is 2.04. The third-order valence-electron chi connectivity index (χ3n) is 2.29. The van der Waals surface area contributed by atoms with Crippen LogP contribution in [-0.2, 0) is 6.54 Å². The van der Waals surface area contributed by atoms with E-state index in [2.05, 4.69) is 9.98 Å². The fraction of sp³-hybridized carbons (Fsp3) is 0.538. The molecule has 0 fully saturated rings. The molecule has 1 aromatic heterocycles. The van der Waals surface area contributed by atoms with Gasteiger partial charge in [0.2, 0.25) is 5.88 Å². The molecule has 0 bridgehead atoms. The van der Waals surface area contributed by atoms with Crippen LogP contribution in [0.4, 0.5) is 0 Å². The van der Waals surface area contributed by atoms with Crippen LogP contribution in [0.25, 0.3) is 0 Å². The van der Waals surface area contributed by atoms with Crippen LogP contribution in [0.1, 0.15) is 12.5 Å². The molecule has 0 amide bonds. The third kappa shape index (κ3) is 6.09. The molecule has 0 radical (unpaired) electrons. The number of aliphatic imine (C=N–C) groups is 1. The lowest BCUT2D eigenvalue weighted by atomic mass is 10.3. The van der Waals surface area contributed by atoms with E-state index in [0.29, 0.717) is 19.0 Å². The van der Waals surface area contributed by atoms with Gasteiger partial charge in [-0.05, 0) is 18.6 Å². The summed E-state index contributed by atoms with van der Waals surface area (Å²) < 4.78 is 5.37. The summed E-state index contributed by atoms with van der Waals surface area (Å²) in [6.45, 7) is 3.19. The van der Waals surface area contributed by atoms with Gasteiger partial charge in [0.05, 0.1) is 13.2 Å². The van der Waals surface area contributed by atoms with Crippen LogP contribution in [-0.4, -0.2) is 55.5 Å². The molecule has 6 heteroatoms. The Labute approximate surface area is 132 Å². The maximum Gasteiger partial charge on any atom is 0.213 e. The molecule has 0 saturated carbocycles. The maximum absolute atomic E-state index is 5.37. The highest BCUT2D eigenvalue weighted by atomic mass is 127. The number of hydrogen-bond donors (Lipinski definition) is 0. The molecule has 0 aromatic carbocycles. The van der Waals surface area contributed by atoms with E-state index in [1.165, 1.54) is 0 Å². The maximum atomic E-state index is 5.37. The molecule has 1 aromatic rings. The first-order valence-corrected chi connectivity index (χ1v) is 6.01. The molecule has 0 atom stereocenters. The topological polar surface area (TPSA) is 41.0 Å². The molecule has 0 unspecified atom stereocenters. The summed E-state index contributed by atoms with van der Waals surface area (Å²) in [5, 5.41) is 0. The monoisotopic (exact) mass is 378 g/mol. The highest BCUT2D eigenvalue weighted by molar-refractivity contribution is 14.0. The minimum Gasteiger partial charge on any atom is -0.478 e. The quantitative estimate of drug-likeness (QED) is 0.457. The summed E-state index contributed by atoms with van der Waals surface area (Å²) in [7, 11) is 7.93. The summed E-state index contributed by atoms with van der Waals surface area (Å²) in [5.74, 6) is 1.59. The van der Waals surface area contributed by atoms with Crippen LogP contribution in [0.3, 0.4) is 0 Å². The van der Waals surface area contributed by atoms with Crippen molar-refractivity contribution in [2.45, 2.75) is 13.5 Å². The van der Waals surface area contributed by atoms with Gasteiger partial charge < -0.3 is 14.5 Å². The second-order valence-corrected chi connectivity index (χ2v) is 4.34. The summed E-state index contributed by atoms with van der Waals surface area (Å²) in [4.78, 5) is 12.7. The molecule has 1 heterocycles. The standard InChI is InChI=1S/C13H22N4O.HI/c1-6-18-12-9-11(7-8-14-12)10-15-13(16(2)3)17(4)5;/h7-9H,6,10H2,1-5H3;1H. The Kier molecular flexibility index (Phi) is 8.46. The second-order valence-electron chi connectivity index (χ2n) is 4.34. The van der Waals surface area contributed by atoms with Crippen molar-refractivity contribution in [3.05, 3.63) is 23.9 Å². The zero-order chi connectivity index (χ0) is 13.5. The zero-order valence-electron chi connectivity index (χ0n) is 12.3. The van der Waals surface area contributed by atoms with Crippen molar-refractivity contribution < 1.29 is 4.74 Å². The van der Waals surface area contributed by atoms with Gasteiger partial charge in [0.15, 0.2) is 5.96 Å². The molecule has 0 saturated heterocycles. The largest absolute Gasteiger partial charge is 0.478 e. The van der Waals surface area contributed by atoms with Crippen molar-refractivity contribution in [3.8, 4) is 5.88 Å². The van der Waals surface area contributed by atoms with Gasteiger partial charge >= 0.3 is 0 Å². The van der Waals surface area contributed by atoms with Crippen LogP contribution in [0.5, 0.6) is 5.88 Å². The van der Waals surface area contributed by atoms with E-state index in [1.54, 1.807) is 6.20 Å². The van der Waals surface area contributed by atoms with E-state index in [4.69, 9.17) is 4.74 Å². The fourth-order valence-electron chi connectivity index (χ4n) is 1.62. The molecule has 108 valence electrons. The van der Waals surface area contributed by atoms with Crippen molar-refractivity contribution in [2.24, 2.45) is 4.99 Å². The Balaban J connectivity index is 0.00000324. The first kappa shape index (κ1) is 17.9. The van der Waals surface area contributed by atoms with Gasteiger partial charge in [0, 0.05) is 40.5 Å². The number of nitrogens with zero attached hydrogens (tertiary/aromatic N) is 4. The van der Waals surface area contributed by atoms with Gasteiger partial charge in [-0.1, -0.05) is 0 Å². The lowest BCUT2D eigenvalue weighted by molar-refractivity contribution is 0.326. The molecule has 0 spiro atoms. The van der Waals surface area contributed by atoms with Crippen LogP contribution in [0, 0.1) is 0 Å². The molecule has 0 N–H and O–H groups in total. The number of rotatable bonds is 4. The van der Waals surface area contributed by atoms with Gasteiger partial charge in [-0.15, -0.1) is 24.0 Å². The normalized spacial score (nSPS) is 9.32. The predicted molar refractivity (Wildman–Crippen MR) is 89.3 cm³/mol. The van der Waals surface area contributed by atoms with Gasteiger partial charge in [-0.2, -0.15) is 0 Å². The molecular weight excluding hydrogens is 355 g/mol. The Bertz CT molecular complexity index is 397. The SMILES string of the molecule is CCOc1cc(CN=C(N(C)C)N(C)C)ccn1.I. The molecule has 0 aliphatic heterocycles. The van der Waals surface area contributed by atoms with Gasteiger partial charge in [-0.25, -0.2) is 9.98 Å². The van der Waals surface area contributed by atoms with E-state index < -0.39 is 0 Å². The molecular formula is C13H23IN4O. The van der Waals surface area contributed by atoms with Gasteiger partial charge in [-0.3, -0.25) is 0 Å². The Hall–Kier alpha value is -1.05. The van der Waals surface area contributed by atoms with Crippen molar-refractivity contribution in [1.82, 2.24) is 14.8 Å². The molecule has 19 heavy (non-hydrogen) atoms. The summed E-state index contributed by atoms with van der Waals surface area (Å²) in [6.07, 6.45) is 1.75. The van der Waals surface area contributed by atoms with Gasteiger partial charge in [0.25, 0.3) is 0 Å². The summed E-state index contributed by atoms with van der Waals surface area (Å²) in [6, 6.07) is 3.88. The highest BCUT2D eigenvalue weighted by Crippen LogP contribution is 2.10. The molecule has 0 aliphatic rings. The number of halogens is 1. The van der Waals surface area contributed by atoms with Crippen molar-refractivity contribution >= 4 is 29.9 Å². The number of aromatic nitrogens is 1. The fourth-order valence-corrected chi connectivity index (χ4v) is 1.62. The Morgan fingerprint density at radius 2 is 1.89 bits per heavy atom. The predicted octanol–water partition coefficient (Wildman–Crippen LogP) is 2.08. The van der Waals surface area contributed by atoms with Crippen molar-refractivity contribution in [3.63, 3.8) is 0 Å². The van der Waals surface area contributed by atoms with E-state index in [0.717, 1.165) is 11.5 Å². The number of ether oxygens (including phenoxy) is 1. The number of hydrogen-bond acceptors (Lipinski definition) is 3. The lowest BCUT2D eigenvalue weighted by Crippen LogP contribution is -2.35. The first-order valence-electron chi connectivity index (χ1n) is 6.01. The average Bonchev–Trinajstić information content (AvgIpc) is 2.29. The van der Waals surface area contributed by atoms with E-state index in [9.17, 15) is 0 Å². The van der Waals surface area contributed by atoms with Crippen LogP contribution in [0.2, 0.25) is 0 Å². The van der Waals surface area contributed by atoms with Crippen LogP contribution < -0.4 is 4.74 Å². The third-order valence-corrected chi connectivity index (χ3v) is 2.29. The average molecular weight is 378 g/mol.